The molecule has 0 saturated heterocycles. The zero-order valence-corrected chi connectivity index (χ0v) is 13.0. The molecule has 0 saturated carbocycles. The second kappa shape index (κ2) is 6.19. The molecule has 1 N–H and O–H groups in total. The molecule has 108 valence electrons. The van der Waals surface area contributed by atoms with Gasteiger partial charge < -0.3 is 9.73 Å². The van der Waals surface area contributed by atoms with E-state index in [4.69, 9.17) is 4.42 Å². The first-order valence-electron chi connectivity index (χ1n) is 6.44. The van der Waals surface area contributed by atoms with Crippen LogP contribution in [-0.4, -0.2) is 22.0 Å². The van der Waals surface area contributed by atoms with E-state index in [0.29, 0.717) is 17.1 Å². The van der Waals surface area contributed by atoms with Gasteiger partial charge in [0.25, 0.3) is 5.91 Å². The van der Waals surface area contributed by atoms with Crippen molar-refractivity contribution >= 4 is 28.8 Å². The van der Waals surface area contributed by atoms with Gasteiger partial charge in [-0.3, -0.25) is 4.79 Å². The Morgan fingerprint density at radius 2 is 2.29 bits per heavy atom. The van der Waals surface area contributed by atoms with Gasteiger partial charge in [-0.15, -0.1) is 16.4 Å². The van der Waals surface area contributed by atoms with E-state index in [1.165, 1.54) is 4.88 Å². The molecule has 7 heteroatoms. The summed E-state index contributed by atoms with van der Waals surface area (Å²) in [6.45, 7) is 2.38. The smallest absolute Gasteiger partial charge is 0.264 e. The predicted molar refractivity (Wildman–Crippen MR) is 82.7 cm³/mol. The number of amides is 1. The highest BCUT2D eigenvalue weighted by molar-refractivity contribution is 7.15. The van der Waals surface area contributed by atoms with Crippen LogP contribution in [0.1, 0.15) is 20.2 Å². The summed E-state index contributed by atoms with van der Waals surface area (Å²) in [6.07, 6.45) is 2.46. The van der Waals surface area contributed by atoms with Crippen LogP contribution >= 0.6 is 22.9 Å². The van der Waals surface area contributed by atoms with Gasteiger partial charge in [0, 0.05) is 11.4 Å². The van der Waals surface area contributed by atoms with Crippen LogP contribution in [0.25, 0.3) is 10.6 Å². The first-order chi connectivity index (χ1) is 10.2. The second-order valence-electron chi connectivity index (χ2n) is 4.44. The molecular formula is C14H13N3O2S2. The van der Waals surface area contributed by atoms with Crippen molar-refractivity contribution < 1.29 is 9.21 Å². The molecule has 0 aromatic carbocycles. The number of hydrogen-bond acceptors (Lipinski definition) is 6. The molecule has 21 heavy (non-hydrogen) atoms. The molecule has 5 nitrogen and oxygen atoms in total. The van der Waals surface area contributed by atoms with Gasteiger partial charge in [0.15, 0.2) is 0 Å². The van der Waals surface area contributed by atoms with Crippen LogP contribution in [0.3, 0.4) is 0 Å². The number of aromatic nitrogens is 2. The number of thiophene rings is 1. The number of nitrogens with one attached hydrogen (secondary N) is 1. The van der Waals surface area contributed by atoms with E-state index >= 15 is 0 Å². The Labute approximate surface area is 129 Å². The van der Waals surface area contributed by atoms with Crippen LogP contribution in [0.4, 0.5) is 0 Å². The lowest BCUT2D eigenvalue weighted by Crippen LogP contribution is -2.25. The fourth-order valence-electron chi connectivity index (χ4n) is 1.88. The van der Waals surface area contributed by atoms with Gasteiger partial charge in [0.05, 0.1) is 16.8 Å². The Kier molecular flexibility index (Phi) is 4.12. The number of carbonyl (C=O) groups excluding carboxylic acids is 1. The van der Waals surface area contributed by atoms with Crippen LogP contribution in [0.5, 0.6) is 0 Å². The number of furan rings is 1. The standard InChI is InChI=1S/C14H13N3O2S2/c1-9-13(21-17-16-9)14(18)15-7-6-10-4-5-12(20-10)11-3-2-8-19-11/h2-5,8H,6-7H2,1H3,(H,15,18). The Bertz CT molecular complexity index is 731. The minimum absolute atomic E-state index is 0.106. The molecule has 3 aromatic heterocycles. The molecular weight excluding hydrogens is 306 g/mol. The van der Waals surface area contributed by atoms with Gasteiger partial charge in [-0.2, -0.15) is 0 Å². The van der Waals surface area contributed by atoms with Crippen molar-refractivity contribution in [3.8, 4) is 10.6 Å². The number of rotatable bonds is 5. The van der Waals surface area contributed by atoms with Gasteiger partial charge in [-0.05, 0) is 49.1 Å². The zero-order chi connectivity index (χ0) is 14.7. The van der Waals surface area contributed by atoms with Crippen LogP contribution < -0.4 is 5.32 Å². The minimum Gasteiger partial charge on any atom is -0.464 e. The maximum atomic E-state index is 11.9. The summed E-state index contributed by atoms with van der Waals surface area (Å²) in [4.78, 5) is 14.8. The molecule has 3 heterocycles. The molecule has 0 aliphatic carbocycles. The maximum Gasteiger partial charge on any atom is 0.264 e. The lowest BCUT2D eigenvalue weighted by Gasteiger charge is -2.02. The minimum atomic E-state index is -0.106. The molecule has 3 rings (SSSR count). The molecule has 0 aliphatic heterocycles. The van der Waals surface area contributed by atoms with E-state index in [2.05, 4.69) is 21.0 Å². The largest absolute Gasteiger partial charge is 0.464 e. The molecule has 0 unspecified atom stereocenters. The highest BCUT2D eigenvalue weighted by atomic mass is 32.1. The molecule has 1 amide bonds. The maximum absolute atomic E-state index is 11.9. The van der Waals surface area contributed by atoms with Crippen molar-refractivity contribution in [3.05, 3.63) is 46.0 Å². The monoisotopic (exact) mass is 319 g/mol. The SMILES string of the molecule is Cc1nnsc1C(=O)NCCc1ccc(-c2ccco2)s1. The summed E-state index contributed by atoms with van der Waals surface area (Å²) in [6, 6.07) is 7.92. The average Bonchev–Trinajstić information content (AvgIpc) is 3.19. The Morgan fingerprint density at radius 1 is 1.38 bits per heavy atom. The van der Waals surface area contributed by atoms with Crippen molar-refractivity contribution in [1.82, 2.24) is 14.9 Å². The van der Waals surface area contributed by atoms with E-state index < -0.39 is 0 Å². The summed E-state index contributed by atoms with van der Waals surface area (Å²) >= 11 is 2.80. The van der Waals surface area contributed by atoms with Gasteiger partial charge >= 0.3 is 0 Å². The van der Waals surface area contributed by atoms with Crippen molar-refractivity contribution in [3.63, 3.8) is 0 Å². The summed E-state index contributed by atoms with van der Waals surface area (Å²) in [5, 5.41) is 6.73. The van der Waals surface area contributed by atoms with E-state index in [9.17, 15) is 4.79 Å². The molecule has 0 atom stereocenters. The fraction of sp³-hybridized carbons (Fsp3) is 0.214. The number of carbonyl (C=O) groups is 1. The molecule has 0 fully saturated rings. The van der Waals surface area contributed by atoms with Crippen LogP contribution in [0, 0.1) is 6.92 Å². The molecule has 3 aromatic rings. The molecule has 0 spiro atoms. The third kappa shape index (κ3) is 3.20. The van der Waals surface area contributed by atoms with E-state index in [1.54, 1.807) is 24.5 Å². The highest BCUT2D eigenvalue weighted by Crippen LogP contribution is 2.28. The van der Waals surface area contributed by atoms with Gasteiger partial charge in [-0.25, -0.2) is 0 Å². The zero-order valence-electron chi connectivity index (χ0n) is 11.3. The van der Waals surface area contributed by atoms with Crippen molar-refractivity contribution in [1.29, 1.82) is 0 Å². The van der Waals surface area contributed by atoms with E-state index in [0.717, 1.165) is 28.6 Å². The van der Waals surface area contributed by atoms with Crippen molar-refractivity contribution in [2.24, 2.45) is 0 Å². The Hall–Kier alpha value is -1.99. The molecule has 0 radical (unpaired) electrons. The third-order valence-electron chi connectivity index (χ3n) is 2.94. The van der Waals surface area contributed by atoms with E-state index in [-0.39, 0.29) is 5.91 Å². The van der Waals surface area contributed by atoms with Crippen molar-refractivity contribution in [2.75, 3.05) is 6.54 Å². The van der Waals surface area contributed by atoms with Crippen LogP contribution in [0.15, 0.2) is 34.9 Å². The topological polar surface area (TPSA) is 68.0 Å². The predicted octanol–water partition coefficient (Wildman–Crippen LogP) is 3.14. The van der Waals surface area contributed by atoms with Crippen LogP contribution in [-0.2, 0) is 6.42 Å². The van der Waals surface area contributed by atoms with Gasteiger partial charge in [0.2, 0.25) is 0 Å². The normalized spacial score (nSPS) is 10.7. The third-order valence-corrected chi connectivity index (χ3v) is 4.93. The summed E-state index contributed by atoms with van der Waals surface area (Å²) in [5.41, 5.74) is 0.675. The Morgan fingerprint density at radius 3 is 3.00 bits per heavy atom. The molecule has 0 bridgehead atoms. The van der Waals surface area contributed by atoms with E-state index in [1.807, 2.05) is 18.2 Å². The second-order valence-corrected chi connectivity index (χ2v) is 6.36. The van der Waals surface area contributed by atoms with Crippen LogP contribution in [0.2, 0.25) is 0 Å². The lowest BCUT2D eigenvalue weighted by atomic mass is 10.3. The summed E-state index contributed by atoms with van der Waals surface area (Å²) < 4.78 is 9.13. The summed E-state index contributed by atoms with van der Waals surface area (Å²) in [7, 11) is 0. The molecule has 0 aliphatic rings. The first-order valence-corrected chi connectivity index (χ1v) is 8.03. The van der Waals surface area contributed by atoms with Gasteiger partial charge in [-0.1, -0.05) is 4.49 Å². The quantitative estimate of drug-likeness (QED) is 0.784. The number of hydrogen-bond donors (Lipinski definition) is 1. The fourth-order valence-corrected chi connectivity index (χ4v) is 3.43. The number of nitrogens with zero attached hydrogens (tertiary/aromatic N) is 2. The Balaban J connectivity index is 1.54. The number of aryl methyl sites for hydroxylation is 1. The average molecular weight is 319 g/mol. The lowest BCUT2D eigenvalue weighted by molar-refractivity contribution is 0.0957. The highest BCUT2D eigenvalue weighted by Gasteiger charge is 2.12. The first kappa shape index (κ1) is 14.0. The summed E-state index contributed by atoms with van der Waals surface area (Å²) in [5.74, 6) is 0.770. The van der Waals surface area contributed by atoms with Gasteiger partial charge in [0.1, 0.15) is 10.6 Å². The van der Waals surface area contributed by atoms with Crippen molar-refractivity contribution in [2.45, 2.75) is 13.3 Å².